The molecule has 1 heterocycles. The van der Waals surface area contributed by atoms with Crippen LogP contribution in [0.5, 0.6) is 0 Å². The van der Waals surface area contributed by atoms with E-state index >= 15 is 0 Å². The molecule has 7 heteroatoms. The highest BCUT2D eigenvalue weighted by atomic mass is 16.7. The lowest BCUT2D eigenvalue weighted by Crippen LogP contribution is -2.61. The van der Waals surface area contributed by atoms with Crippen molar-refractivity contribution in [3.63, 3.8) is 0 Å². The van der Waals surface area contributed by atoms with Crippen LogP contribution in [-0.4, -0.2) is 64.7 Å². The van der Waals surface area contributed by atoms with Gasteiger partial charge in [-0.15, -0.1) is 0 Å². The molecule has 0 radical (unpaired) electrons. The Labute approximate surface area is 317 Å². The minimum Gasteiger partial charge on any atom is -0.454 e. The molecule has 0 aromatic rings. The zero-order valence-electron chi connectivity index (χ0n) is 34.0. The molecule has 0 amide bonds. The molecule has 0 spiro atoms. The molecular weight excluding hydrogens is 652 g/mol. The van der Waals surface area contributed by atoms with Crippen molar-refractivity contribution in [1.82, 2.24) is 0 Å². The second-order valence-corrected chi connectivity index (χ2v) is 19.0. The number of hydrogen-bond acceptors (Lipinski definition) is 7. The molecule has 300 valence electrons. The predicted octanol–water partition coefficient (Wildman–Crippen LogP) is 9.68. The zero-order chi connectivity index (χ0) is 37.5. The molecule has 13 atom stereocenters. The average molecular weight is 731 g/mol. The van der Waals surface area contributed by atoms with Gasteiger partial charge >= 0.3 is 5.97 Å². The van der Waals surface area contributed by atoms with Gasteiger partial charge in [0, 0.05) is 6.42 Å². The third kappa shape index (κ3) is 9.68. The van der Waals surface area contributed by atoms with E-state index in [1.54, 1.807) is 0 Å². The number of hydrogen-bond donors (Lipinski definition) is 3. The summed E-state index contributed by atoms with van der Waals surface area (Å²) in [6.07, 6.45) is 20.6. The molecule has 3 saturated carbocycles. The van der Waals surface area contributed by atoms with E-state index in [1.807, 2.05) is 0 Å². The summed E-state index contributed by atoms with van der Waals surface area (Å²) in [4.78, 5) is 13.0. The molecule has 5 aliphatic rings. The van der Waals surface area contributed by atoms with Crippen molar-refractivity contribution in [2.75, 3.05) is 6.61 Å². The third-order valence-electron chi connectivity index (χ3n) is 15.2. The van der Waals surface area contributed by atoms with Gasteiger partial charge < -0.3 is 29.5 Å². The normalized spacial score (nSPS) is 39.4. The summed E-state index contributed by atoms with van der Waals surface area (Å²) in [5, 5.41) is 31.7. The summed E-state index contributed by atoms with van der Waals surface area (Å²) in [7, 11) is 0. The van der Waals surface area contributed by atoms with Gasteiger partial charge in [0.05, 0.1) is 12.7 Å². The lowest BCUT2D eigenvalue weighted by atomic mass is 9.47. The Balaban J connectivity index is 1.16. The summed E-state index contributed by atoms with van der Waals surface area (Å²) in [6, 6.07) is 0. The molecule has 4 fully saturated rings. The SMILES string of the molecule is CCCCCCCCCCCC(=O)O[C@H]1[C@H](OC2CC[C@@]3(C)C(=CCC4C3CC[C@@]3(C)C4CC[C@@H]3[C@H](C)CCCC(C)C)C2)O[C@H](CO)[C@@H](O)[C@@H]1O. The Kier molecular flexibility index (Phi) is 15.6. The largest absolute Gasteiger partial charge is 0.454 e. The first-order chi connectivity index (χ1) is 24.9. The number of rotatable bonds is 19. The Hall–Kier alpha value is -0.990. The molecule has 4 aliphatic carbocycles. The van der Waals surface area contributed by atoms with E-state index in [2.05, 4.69) is 47.6 Å². The maximum Gasteiger partial charge on any atom is 0.306 e. The first-order valence-corrected chi connectivity index (χ1v) is 22.1. The van der Waals surface area contributed by atoms with Crippen LogP contribution in [0.3, 0.4) is 0 Å². The molecule has 4 unspecified atom stereocenters. The summed E-state index contributed by atoms with van der Waals surface area (Å²) < 4.78 is 18.4. The highest BCUT2D eigenvalue weighted by molar-refractivity contribution is 5.69. The molecular formula is C45H78O7. The number of allylic oxidation sites excluding steroid dienone is 1. The van der Waals surface area contributed by atoms with E-state index in [0.717, 1.165) is 74.5 Å². The third-order valence-corrected chi connectivity index (χ3v) is 15.2. The van der Waals surface area contributed by atoms with Crippen molar-refractivity contribution in [3.8, 4) is 0 Å². The number of unbranched alkanes of at least 4 members (excludes halogenated alkanes) is 8. The highest BCUT2D eigenvalue weighted by Gasteiger charge is 2.59. The number of ether oxygens (including phenoxy) is 3. The number of esters is 1. The maximum absolute atomic E-state index is 13.0. The maximum atomic E-state index is 13.0. The Morgan fingerprint density at radius 1 is 0.885 bits per heavy atom. The second-order valence-electron chi connectivity index (χ2n) is 19.0. The van der Waals surface area contributed by atoms with Crippen molar-refractivity contribution < 1.29 is 34.3 Å². The van der Waals surface area contributed by atoms with Crippen molar-refractivity contribution in [2.45, 2.75) is 213 Å². The second kappa shape index (κ2) is 19.2. The number of carbonyl (C=O) groups is 1. The number of fused-ring (bicyclic) bond motifs is 5. The molecule has 0 aromatic carbocycles. The van der Waals surface area contributed by atoms with Crippen LogP contribution in [0.1, 0.15) is 176 Å². The van der Waals surface area contributed by atoms with E-state index < -0.39 is 43.3 Å². The Morgan fingerprint density at radius 3 is 2.29 bits per heavy atom. The lowest BCUT2D eigenvalue weighted by molar-refractivity contribution is -0.315. The quantitative estimate of drug-likeness (QED) is 0.0691. The van der Waals surface area contributed by atoms with Crippen molar-refractivity contribution in [1.29, 1.82) is 0 Å². The molecule has 52 heavy (non-hydrogen) atoms. The van der Waals surface area contributed by atoms with Gasteiger partial charge in [-0.3, -0.25) is 4.79 Å². The van der Waals surface area contributed by atoms with E-state index in [9.17, 15) is 20.1 Å². The first kappa shape index (κ1) is 42.2. The fraction of sp³-hybridized carbons (Fsp3) is 0.933. The van der Waals surface area contributed by atoms with Crippen molar-refractivity contribution in [3.05, 3.63) is 11.6 Å². The molecule has 5 rings (SSSR count). The van der Waals surface area contributed by atoms with Gasteiger partial charge in [0.15, 0.2) is 12.4 Å². The number of carbonyl (C=O) groups excluding carboxylic acids is 1. The Bertz CT molecular complexity index is 1140. The molecule has 0 bridgehead atoms. The Morgan fingerprint density at radius 2 is 1.60 bits per heavy atom. The van der Waals surface area contributed by atoms with Crippen LogP contribution in [0.2, 0.25) is 0 Å². The van der Waals surface area contributed by atoms with Gasteiger partial charge in [-0.05, 0) is 104 Å². The fourth-order valence-electron chi connectivity index (χ4n) is 12.0. The van der Waals surface area contributed by atoms with E-state index in [1.165, 1.54) is 89.0 Å². The summed E-state index contributed by atoms with van der Waals surface area (Å²) in [5.74, 6) is 4.34. The fourth-order valence-corrected chi connectivity index (χ4v) is 12.0. The molecule has 3 N–H and O–H groups in total. The van der Waals surface area contributed by atoms with E-state index in [0.29, 0.717) is 11.3 Å². The van der Waals surface area contributed by atoms with Gasteiger partial charge in [0.25, 0.3) is 0 Å². The minimum atomic E-state index is -1.39. The van der Waals surface area contributed by atoms with Crippen LogP contribution in [-0.2, 0) is 19.0 Å². The van der Waals surface area contributed by atoms with Gasteiger partial charge in [-0.2, -0.15) is 0 Å². The average Bonchev–Trinajstić information content (AvgIpc) is 3.48. The van der Waals surface area contributed by atoms with Crippen LogP contribution >= 0.6 is 0 Å². The topological polar surface area (TPSA) is 105 Å². The van der Waals surface area contributed by atoms with Crippen molar-refractivity contribution >= 4 is 5.97 Å². The highest BCUT2D eigenvalue weighted by Crippen LogP contribution is 2.67. The molecule has 1 saturated heterocycles. The van der Waals surface area contributed by atoms with Crippen LogP contribution in [0, 0.1) is 46.3 Å². The van der Waals surface area contributed by atoms with Crippen LogP contribution in [0.4, 0.5) is 0 Å². The van der Waals surface area contributed by atoms with Crippen LogP contribution in [0.25, 0.3) is 0 Å². The van der Waals surface area contributed by atoms with Gasteiger partial charge in [0.2, 0.25) is 0 Å². The van der Waals surface area contributed by atoms with E-state index in [-0.39, 0.29) is 17.9 Å². The monoisotopic (exact) mass is 731 g/mol. The zero-order valence-corrected chi connectivity index (χ0v) is 34.0. The molecule has 0 aromatic heterocycles. The lowest BCUT2D eigenvalue weighted by Gasteiger charge is -2.58. The molecule has 7 nitrogen and oxygen atoms in total. The summed E-state index contributed by atoms with van der Waals surface area (Å²) >= 11 is 0. The van der Waals surface area contributed by atoms with E-state index in [4.69, 9.17) is 14.2 Å². The van der Waals surface area contributed by atoms with Gasteiger partial charge in [-0.1, -0.05) is 124 Å². The van der Waals surface area contributed by atoms with Crippen LogP contribution in [0.15, 0.2) is 11.6 Å². The van der Waals surface area contributed by atoms with Gasteiger partial charge in [-0.25, -0.2) is 0 Å². The standard InChI is InChI=1S/C45H78O7/c1-7-8-9-10-11-12-13-14-15-19-39(47)52-42-41(49)40(48)38(29-46)51-43(42)50-33-24-26-44(5)32(28-33)20-21-34-36-23-22-35(31(4)18-16-17-30(2)3)45(36,6)27-25-37(34)44/h20,30-31,33-38,40-43,46,48-49H,7-19,21-29H2,1-6H3/t31-,33?,34?,35-,36?,37?,38-,40-,41+,42-,43-,44+,45-/m1/s1. The number of aliphatic hydroxyl groups is 3. The predicted molar refractivity (Wildman–Crippen MR) is 207 cm³/mol. The summed E-state index contributed by atoms with van der Waals surface area (Å²) in [6.45, 7) is 14.2. The van der Waals surface area contributed by atoms with Crippen LogP contribution < -0.4 is 0 Å². The minimum absolute atomic E-state index is 0.141. The number of aliphatic hydroxyl groups excluding tert-OH is 3. The smallest absolute Gasteiger partial charge is 0.306 e. The van der Waals surface area contributed by atoms with Gasteiger partial charge in [0.1, 0.15) is 18.3 Å². The first-order valence-electron chi connectivity index (χ1n) is 22.1. The van der Waals surface area contributed by atoms with Crippen molar-refractivity contribution in [2.24, 2.45) is 46.3 Å². The molecule has 1 aliphatic heterocycles. The summed E-state index contributed by atoms with van der Waals surface area (Å²) in [5.41, 5.74) is 2.14.